The summed E-state index contributed by atoms with van der Waals surface area (Å²) in [6.45, 7) is 2.01. The van der Waals surface area contributed by atoms with E-state index in [-0.39, 0.29) is 11.6 Å². The number of nitrogens with one attached hydrogen (secondary N) is 1. The number of H-pyrrole nitrogens is 1. The van der Waals surface area contributed by atoms with E-state index in [4.69, 9.17) is 4.74 Å². The Morgan fingerprint density at radius 2 is 2.18 bits per heavy atom. The van der Waals surface area contributed by atoms with E-state index in [0.29, 0.717) is 12.3 Å². The van der Waals surface area contributed by atoms with E-state index >= 15 is 0 Å². The van der Waals surface area contributed by atoms with Gasteiger partial charge in [-0.25, -0.2) is 9.78 Å². The molecule has 2 rings (SSSR count). The van der Waals surface area contributed by atoms with Gasteiger partial charge in [-0.1, -0.05) is 0 Å². The molecule has 0 aromatic carbocycles. The minimum Gasteiger partial charge on any atom is -0.461 e. The number of nitrogens with zero attached hydrogens (tertiary/aromatic N) is 2. The van der Waals surface area contributed by atoms with Crippen LogP contribution in [-0.2, 0) is 4.74 Å². The second-order valence-corrected chi connectivity index (χ2v) is 3.28. The van der Waals surface area contributed by atoms with Crippen molar-refractivity contribution in [1.29, 1.82) is 0 Å². The molecule has 0 saturated heterocycles. The zero-order valence-corrected chi connectivity index (χ0v) is 9.21. The first-order chi connectivity index (χ1) is 8.22. The minimum atomic E-state index is -0.475. The van der Waals surface area contributed by atoms with Crippen molar-refractivity contribution in [2.24, 2.45) is 0 Å². The third-order valence-corrected chi connectivity index (χ3v) is 2.15. The summed E-state index contributed by atoms with van der Waals surface area (Å²) in [6.07, 6.45) is 4.44. The van der Waals surface area contributed by atoms with Gasteiger partial charge in [0.25, 0.3) is 5.91 Å². The largest absolute Gasteiger partial charge is 0.461 e. The van der Waals surface area contributed by atoms with Crippen LogP contribution in [0.3, 0.4) is 0 Å². The average molecular weight is 233 g/mol. The quantitative estimate of drug-likeness (QED) is 0.804. The number of hydrogen-bond acceptors (Lipinski definition) is 4. The summed E-state index contributed by atoms with van der Waals surface area (Å²) in [5, 5.41) is 0. The van der Waals surface area contributed by atoms with Gasteiger partial charge in [0.1, 0.15) is 17.7 Å². The highest BCUT2D eigenvalue weighted by molar-refractivity contribution is 5.96. The first-order valence-electron chi connectivity index (χ1n) is 5.11. The number of carbonyl (C=O) groups excluding carboxylic acids is 2. The molecular weight excluding hydrogens is 222 g/mol. The van der Waals surface area contributed by atoms with Crippen LogP contribution in [0.1, 0.15) is 27.9 Å². The summed E-state index contributed by atoms with van der Waals surface area (Å²) >= 11 is 0. The number of carbonyl (C=O) groups is 2. The van der Waals surface area contributed by atoms with Crippen molar-refractivity contribution in [3.8, 4) is 0 Å². The van der Waals surface area contributed by atoms with E-state index in [2.05, 4.69) is 9.97 Å². The Labute approximate surface area is 97.2 Å². The van der Waals surface area contributed by atoms with Crippen LogP contribution in [-0.4, -0.2) is 33.0 Å². The fourth-order valence-corrected chi connectivity index (χ4v) is 1.37. The molecular formula is C11H11N3O3. The van der Waals surface area contributed by atoms with Crippen molar-refractivity contribution in [1.82, 2.24) is 14.5 Å². The van der Waals surface area contributed by atoms with Crippen molar-refractivity contribution in [3.63, 3.8) is 0 Å². The van der Waals surface area contributed by atoms with Gasteiger partial charge < -0.3 is 9.72 Å². The van der Waals surface area contributed by atoms with Gasteiger partial charge in [-0.3, -0.25) is 9.36 Å². The number of aromatic amines is 1. The number of ether oxygens (including phenoxy) is 1. The van der Waals surface area contributed by atoms with Gasteiger partial charge in [0, 0.05) is 12.4 Å². The molecule has 0 spiro atoms. The number of rotatable bonds is 3. The number of aromatic nitrogens is 3. The van der Waals surface area contributed by atoms with E-state index in [1.54, 1.807) is 6.92 Å². The third-order valence-electron chi connectivity index (χ3n) is 2.15. The summed E-state index contributed by atoms with van der Waals surface area (Å²) in [4.78, 5) is 29.7. The average Bonchev–Trinajstić information content (AvgIpc) is 3.00. The monoisotopic (exact) mass is 233 g/mol. The minimum absolute atomic E-state index is 0.260. The fourth-order valence-electron chi connectivity index (χ4n) is 1.37. The van der Waals surface area contributed by atoms with Crippen LogP contribution >= 0.6 is 0 Å². The van der Waals surface area contributed by atoms with Crippen LogP contribution in [0.15, 0.2) is 30.9 Å². The van der Waals surface area contributed by atoms with E-state index in [1.165, 1.54) is 35.4 Å². The number of esters is 1. The van der Waals surface area contributed by atoms with E-state index < -0.39 is 5.97 Å². The maximum absolute atomic E-state index is 11.8. The van der Waals surface area contributed by atoms with Crippen molar-refractivity contribution >= 4 is 11.9 Å². The Balaban J connectivity index is 2.19. The molecule has 6 nitrogen and oxygen atoms in total. The van der Waals surface area contributed by atoms with Gasteiger partial charge in [-0.15, -0.1) is 0 Å². The fraction of sp³-hybridized carbons (Fsp3) is 0.182. The summed E-state index contributed by atoms with van der Waals surface area (Å²) in [5.74, 6) is -0.754. The van der Waals surface area contributed by atoms with Crippen LogP contribution in [0.4, 0.5) is 0 Å². The standard InChI is InChI=1S/C11H11N3O3/c1-2-17-11(16)9-4-3-8(13-9)10(15)14-6-5-12-7-14/h3-7,13H,2H2,1H3. The molecule has 0 atom stereocenters. The molecule has 88 valence electrons. The van der Waals surface area contributed by atoms with Crippen LogP contribution in [0.2, 0.25) is 0 Å². The van der Waals surface area contributed by atoms with Gasteiger partial charge in [0.15, 0.2) is 0 Å². The van der Waals surface area contributed by atoms with Gasteiger partial charge in [0.05, 0.1) is 6.61 Å². The Morgan fingerprint density at radius 3 is 2.82 bits per heavy atom. The molecule has 0 aliphatic carbocycles. The lowest BCUT2D eigenvalue weighted by Crippen LogP contribution is -2.11. The summed E-state index contributed by atoms with van der Waals surface area (Å²) in [5.41, 5.74) is 0.571. The Morgan fingerprint density at radius 1 is 1.41 bits per heavy atom. The van der Waals surface area contributed by atoms with Gasteiger partial charge in [-0.05, 0) is 19.1 Å². The summed E-state index contributed by atoms with van der Waals surface area (Å²) in [6, 6.07) is 3.05. The zero-order valence-electron chi connectivity index (χ0n) is 9.21. The first kappa shape index (κ1) is 11.1. The highest BCUT2D eigenvalue weighted by atomic mass is 16.5. The molecule has 0 amide bonds. The molecule has 0 aliphatic rings. The lowest BCUT2D eigenvalue weighted by Gasteiger charge is -1.99. The molecule has 0 saturated carbocycles. The molecule has 2 heterocycles. The van der Waals surface area contributed by atoms with E-state index in [9.17, 15) is 9.59 Å². The topological polar surface area (TPSA) is 77.0 Å². The Hall–Kier alpha value is -2.37. The molecule has 0 unspecified atom stereocenters. The zero-order chi connectivity index (χ0) is 12.3. The molecule has 0 fully saturated rings. The predicted molar refractivity (Wildman–Crippen MR) is 58.7 cm³/mol. The SMILES string of the molecule is CCOC(=O)c1ccc(C(=O)n2ccnc2)[nH]1. The smallest absolute Gasteiger partial charge is 0.354 e. The maximum Gasteiger partial charge on any atom is 0.354 e. The second-order valence-electron chi connectivity index (χ2n) is 3.28. The molecule has 2 aromatic heterocycles. The van der Waals surface area contributed by atoms with E-state index in [1.807, 2.05) is 0 Å². The molecule has 0 aliphatic heterocycles. The molecule has 2 aromatic rings. The van der Waals surface area contributed by atoms with Gasteiger partial charge in [0.2, 0.25) is 0 Å². The van der Waals surface area contributed by atoms with Crippen molar-refractivity contribution < 1.29 is 14.3 Å². The molecule has 1 N–H and O–H groups in total. The van der Waals surface area contributed by atoms with Gasteiger partial charge >= 0.3 is 5.97 Å². The molecule has 0 radical (unpaired) electrons. The number of hydrogen-bond donors (Lipinski definition) is 1. The Kier molecular flexibility index (Phi) is 3.04. The van der Waals surface area contributed by atoms with Crippen LogP contribution in [0, 0.1) is 0 Å². The van der Waals surface area contributed by atoms with Crippen LogP contribution in [0.25, 0.3) is 0 Å². The van der Waals surface area contributed by atoms with Crippen LogP contribution < -0.4 is 0 Å². The molecule has 17 heavy (non-hydrogen) atoms. The predicted octanol–water partition coefficient (Wildman–Crippen LogP) is 1.08. The molecule has 6 heteroatoms. The first-order valence-corrected chi connectivity index (χ1v) is 5.11. The van der Waals surface area contributed by atoms with Crippen LogP contribution in [0.5, 0.6) is 0 Å². The highest BCUT2D eigenvalue weighted by Gasteiger charge is 2.14. The normalized spacial score (nSPS) is 10.2. The third kappa shape index (κ3) is 2.25. The highest BCUT2D eigenvalue weighted by Crippen LogP contribution is 2.06. The van der Waals surface area contributed by atoms with E-state index in [0.717, 1.165) is 0 Å². The lowest BCUT2D eigenvalue weighted by molar-refractivity contribution is 0.0520. The van der Waals surface area contributed by atoms with Crippen molar-refractivity contribution in [3.05, 3.63) is 42.2 Å². The Bertz CT molecular complexity index is 528. The second kappa shape index (κ2) is 4.65. The lowest BCUT2D eigenvalue weighted by atomic mass is 10.4. The summed E-state index contributed by atoms with van der Waals surface area (Å²) in [7, 11) is 0. The maximum atomic E-state index is 11.8. The molecule has 0 bridgehead atoms. The van der Waals surface area contributed by atoms with Gasteiger partial charge in [-0.2, -0.15) is 0 Å². The van der Waals surface area contributed by atoms with Crippen molar-refractivity contribution in [2.45, 2.75) is 6.92 Å². The van der Waals surface area contributed by atoms with Crippen molar-refractivity contribution in [2.75, 3.05) is 6.61 Å². The number of imidazole rings is 1. The summed E-state index contributed by atoms with van der Waals surface area (Å²) < 4.78 is 6.13.